The quantitative estimate of drug-likeness (QED) is 0.823. The number of nitrogens with zero attached hydrogens (tertiary/aromatic N) is 1. The number of aliphatic hydroxyl groups is 1. The number of thiophene rings is 1. The summed E-state index contributed by atoms with van der Waals surface area (Å²) in [5, 5.41) is 21.1. The maximum Gasteiger partial charge on any atom is 0.0991 e. The van der Waals surface area contributed by atoms with Gasteiger partial charge in [-0.15, -0.1) is 11.3 Å². The number of hydrogen-bond donors (Lipinski definition) is 1. The minimum Gasteiger partial charge on any atom is -0.392 e. The summed E-state index contributed by atoms with van der Waals surface area (Å²) in [6.07, 6.45) is 0. The van der Waals surface area contributed by atoms with E-state index in [4.69, 9.17) is 10.4 Å². The molecule has 0 saturated carbocycles. The molecule has 0 saturated heterocycles. The van der Waals surface area contributed by atoms with Crippen molar-refractivity contribution in [2.45, 2.75) is 6.61 Å². The van der Waals surface area contributed by atoms with Crippen LogP contribution in [0, 0.1) is 14.9 Å². The average Bonchev–Trinajstić information content (AvgIpc) is 2.59. The molecule has 0 atom stereocenters. The molecule has 0 aliphatic heterocycles. The monoisotopic (exact) mass is 315 g/mol. The van der Waals surface area contributed by atoms with Crippen molar-refractivity contribution in [2.24, 2.45) is 0 Å². The summed E-state index contributed by atoms with van der Waals surface area (Å²) in [6, 6.07) is 5.71. The molecule has 0 unspecified atom stereocenters. The molecule has 0 fully saturated rings. The summed E-state index contributed by atoms with van der Waals surface area (Å²) in [7, 11) is 0. The number of hydrogen-bond acceptors (Lipinski definition) is 3. The molecule has 2 nitrogen and oxygen atoms in total. The zero-order chi connectivity index (χ0) is 10.1. The predicted octanol–water partition coefficient (Wildman–Crippen LogP) is 2.87. The van der Waals surface area contributed by atoms with Crippen LogP contribution in [0.3, 0.4) is 0 Å². The van der Waals surface area contributed by atoms with Crippen LogP contribution in [-0.4, -0.2) is 5.11 Å². The first-order chi connectivity index (χ1) is 6.76. The zero-order valence-electron chi connectivity index (χ0n) is 7.12. The summed E-state index contributed by atoms with van der Waals surface area (Å²) in [5.41, 5.74) is 1.45. The summed E-state index contributed by atoms with van der Waals surface area (Å²) >= 11 is 3.85. The van der Waals surface area contributed by atoms with Crippen LogP contribution in [0.15, 0.2) is 17.5 Å². The Bertz CT molecular complexity index is 527. The molecule has 14 heavy (non-hydrogen) atoms. The van der Waals surface area contributed by atoms with E-state index in [9.17, 15) is 0 Å². The van der Waals surface area contributed by atoms with Crippen molar-refractivity contribution < 1.29 is 5.11 Å². The van der Waals surface area contributed by atoms with Crippen LogP contribution < -0.4 is 0 Å². The van der Waals surface area contributed by atoms with E-state index in [1.165, 1.54) is 0 Å². The first-order valence-corrected chi connectivity index (χ1v) is 5.92. The predicted molar refractivity (Wildman–Crippen MR) is 65.2 cm³/mol. The summed E-state index contributed by atoms with van der Waals surface area (Å²) in [4.78, 5) is 0. The molecule has 1 aromatic heterocycles. The number of aliphatic hydroxyl groups excluding tert-OH is 1. The van der Waals surface area contributed by atoms with E-state index in [-0.39, 0.29) is 6.61 Å². The molecule has 70 valence electrons. The topological polar surface area (TPSA) is 44.0 Å². The van der Waals surface area contributed by atoms with Crippen LogP contribution in [0.5, 0.6) is 0 Å². The van der Waals surface area contributed by atoms with Crippen molar-refractivity contribution in [2.75, 3.05) is 0 Å². The van der Waals surface area contributed by atoms with Gasteiger partial charge in [0.15, 0.2) is 0 Å². The van der Waals surface area contributed by atoms with E-state index < -0.39 is 0 Å². The van der Waals surface area contributed by atoms with E-state index in [1.807, 2.05) is 11.4 Å². The van der Waals surface area contributed by atoms with E-state index in [2.05, 4.69) is 28.7 Å². The molecule has 0 spiro atoms. The van der Waals surface area contributed by atoms with E-state index in [0.29, 0.717) is 5.56 Å². The van der Waals surface area contributed by atoms with Crippen molar-refractivity contribution >= 4 is 44.0 Å². The standard InChI is InChI=1S/C10H6INOS/c11-9-5-14-10-7(4-13)1-6(3-12)2-8(9)10/h1-2,5,13H,4H2. The lowest BCUT2D eigenvalue weighted by atomic mass is 10.1. The van der Waals surface area contributed by atoms with Crippen molar-refractivity contribution in [1.29, 1.82) is 5.26 Å². The van der Waals surface area contributed by atoms with E-state index in [0.717, 1.165) is 19.2 Å². The molecule has 0 radical (unpaired) electrons. The second kappa shape index (κ2) is 3.85. The van der Waals surface area contributed by atoms with Crippen molar-refractivity contribution in [3.63, 3.8) is 0 Å². The van der Waals surface area contributed by atoms with Crippen molar-refractivity contribution in [3.05, 3.63) is 32.2 Å². The number of rotatable bonds is 1. The van der Waals surface area contributed by atoms with Gasteiger partial charge in [-0.1, -0.05) is 0 Å². The fourth-order valence-corrected chi connectivity index (χ4v) is 3.27. The van der Waals surface area contributed by atoms with Crippen LogP contribution in [0.4, 0.5) is 0 Å². The Hall–Kier alpha value is -0.640. The highest BCUT2D eigenvalue weighted by molar-refractivity contribution is 14.1. The molecule has 1 N–H and O–H groups in total. The Balaban J connectivity index is 2.84. The molecule has 2 aromatic rings. The molecule has 0 bridgehead atoms. The van der Waals surface area contributed by atoms with Gasteiger partial charge in [0.1, 0.15) is 0 Å². The summed E-state index contributed by atoms with van der Waals surface area (Å²) in [6.45, 7) is -0.0113. The van der Waals surface area contributed by atoms with Gasteiger partial charge < -0.3 is 5.11 Å². The van der Waals surface area contributed by atoms with Crippen LogP contribution in [0.1, 0.15) is 11.1 Å². The molecule has 1 aromatic carbocycles. The molecular formula is C10H6INOS. The van der Waals surface area contributed by atoms with Gasteiger partial charge >= 0.3 is 0 Å². The van der Waals surface area contributed by atoms with E-state index >= 15 is 0 Å². The normalized spacial score (nSPS) is 10.4. The van der Waals surface area contributed by atoms with Crippen molar-refractivity contribution in [1.82, 2.24) is 0 Å². The Labute approximate surface area is 98.9 Å². The minimum atomic E-state index is -0.0113. The smallest absolute Gasteiger partial charge is 0.0991 e. The number of halogens is 1. The Kier molecular flexibility index (Phi) is 2.72. The average molecular weight is 315 g/mol. The molecule has 0 aliphatic rings. The second-order valence-corrected chi connectivity index (χ2v) is 4.91. The van der Waals surface area contributed by atoms with Crippen LogP contribution >= 0.6 is 33.9 Å². The van der Waals surface area contributed by atoms with Crippen LogP contribution in [0.2, 0.25) is 0 Å². The van der Waals surface area contributed by atoms with E-state index in [1.54, 1.807) is 17.4 Å². The molecule has 0 aliphatic carbocycles. The van der Waals surface area contributed by atoms with Gasteiger partial charge in [-0.25, -0.2) is 0 Å². The lowest BCUT2D eigenvalue weighted by molar-refractivity contribution is 0.283. The highest BCUT2D eigenvalue weighted by Crippen LogP contribution is 2.31. The molecule has 1 heterocycles. The Morgan fingerprint density at radius 2 is 2.29 bits per heavy atom. The third-order valence-corrected chi connectivity index (χ3v) is 4.39. The van der Waals surface area contributed by atoms with Gasteiger partial charge in [-0.3, -0.25) is 0 Å². The highest BCUT2D eigenvalue weighted by atomic mass is 127. The molecule has 4 heteroatoms. The fourth-order valence-electron chi connectivity index (χ4n) is 1.36. The maximum atomic E-state index is 9.16. The number of nitriles is 1. The highest BCUT2D eigenvalue weighted by Gasteiger charge is 2.07. The van der Waals surface area contributed by atoms with Crippen LogP contribution in [0.25, 0.3) is 10.1 Å². The number of benzene rings is 1. The van der Waals surface area contributed by atoms with Crippen molar-refractivity contribution in [3.8, 4) is 6.07 Å². The fraction of sp³-hybridized carbons (Fsp3) is 0.100. The third kappa shape index (κ3) is 1.52. The van der Waals surface area contributed by atoms with Gasteiger partial charge in [0.2, 0.25) is 0 Å². The first-order valence-electron chi connectivity index (χ1n) is 3.97. The Morgan fingerprint density at radius 1 is 1.50 bits per heavy atom. The lowest BCUT2D eigenvalue weighted by Crippen LogP contribution is -1.85. The third-order valence-electron chi connectivity index (χ3n) is 2.00. The zero-order valence-corrected chi connectivity index (χ0v) is 10.1. The SMILES string of the molecule is N#Cc1cc(CO)c2scc(I)c2c1. The summed E-state index contributed by atoms with van der Waals surface area (Å²) < 4.78 is 2.21. The second-order valence-electron chi connectivity index (χ2n) is 2.87. The van der Waals surface area contributed by atoms with Gasteiger partial charge in [-0.2, -0.15) is 5.26 Å². The maximum absolute atomic E-state index is 9.16. The summed E-state index contributed by atoms with van der Waals surface area (Å²) in [5.74, 6) is 0. The molecule has 0 amide bonds. The largest absolute Gasteiger partial charge is 0.392 e. The first kappa shape index (κ1) is 9.90. The van der Waals surface area contributed by atoms with Crippen LogP contribution in [-0.2, 0) is 6.61 Å². The van der Waals surface area contributed by atoms with Gasteiger partial charge in [-0.05, 0) is 40.3 Å². The number of fused-ring (bicyclic) bond motifs is 1. The van der Waals surface area contributed by atoms with Gasteiger partial charge in [0.25, 0.3) is 0 Å². The Morgan fingerprint density at radius 3 is 2.93 bits per heavy atom. The molecular weight excluding hydrogens is 309 g/mol. The molecule has 2 rings (SSSR count). The minimum absolute atomic E-state index is 0.0113. The lowest BCUT2D eigenvalue weighted by Gasteiger charge is -1.99. The van der Waals surface area contributed by atoms with Gasteiger partial charge in [0.05, 0.1) is 18.2 Å². The van der Waals surface area contributed by atoms with Gasteiger partial charge in [0, 0.05) is 19.0 Å².